The number of hydrogen-bond acceptors (Lipinski definition) is 4. The molecule has 0 spiro atoms. The number of fused-ring (bicyclic) bond motifs is 1. The molecule has 2 N–H and O–H groups in total. The van der Waals surface area contributed by atoms with Gasteiger partial charge in [0.25, 0.3) is 5.91 Å². The van der Waals surface area contributed by atoms with Gasteiger partial charge in [-0.1, -0.05) is 42.5 Å². The molecule has 5 rings (SSSR count). The van der Waals surface area contributed by atoms with Crippen LogP contribution < -0.4 is 10.2 Å². The number of nitrogens with one attached hydrogen (secondary N) is 1. The Kier molecular flexibility index (Phi) is 7.54. The van der Waals surface area contributed by atoms with Gasteiger partial charge in [0, 0.05) is 24.8 Å². The van der Waals surface area contributed by atoms with Crippen molar-refractivity contribution in [1.82, 2.24) is 14.9 Å². The number of carbonyl (C=O) groups excluding carboxylic acids is 1. The van der Waals surface area contributed by atoms with Gasteiger partial charge in [-0.15, -0.1) is 0 Å². The van der Waals surface area contributed by atoms with Gasteiger partial charge in [-0.3, -0.25) is 9.59 Å². The highest BCUT2D eigenvalue weighted by atomic mass is 16.4. The zero-order valence-electron chi connectivity index (χ0n) is 21.6. The van der Waals surface area contributed by atoms with Gasteiger partial charge in [-0.05, 0) is 78.8 Å². The SMILES string of the molecule is Cn1c(N(Cc2ccc(C(=O)NCCC(=O)O)cc2)c2ccc(C3=CCCCC3)cc2)nc2ccccc21. The number of aliphatic carboxylic acids is 1. The van der Waals surface area contributed by atoms with Crippen molar-refractivity contribution < 1.29 is 14.7 Å². The summed E-state index contributed by atoms with van der Waals surface area (Å²) >= 11 is 0. The van der Waals surface area contributed by atoms with Crippen molar-refractivity contribution in [3.05, 3.63) is 95.6 Å². The quantitative estimate of drug-likeness (QED) is 0.286. The normalized spacial score (nSPS) is 13.2. The summed E-state index contributed by atoms with van der Waals surface area (Å²) in [6.45, 7) is 0.670. The number of imidazole rings is 1. The monoisotopic (exact) mass is 508 g/mol. The van der Waals surface area contributed by atoms with Crippen LogP contribution in [0.1, 0.15) is 53.6 Å². The Morgan fingerprint density at radius 2 is 1.76 bits per heavy atom. The number of allylic oxidation sites excluding steroid dienone is 2. The number of carbonyl (C=O) groups is 2. The van der Waals surface area contributed by atoms with Crippen molar-refractivity contribution in [1.29, 1.82) is 0 Å². The number of rotatable bonds is 9. The van der Waals surface area contributed by atoms with Crippen LogP contribution in [0.2, 0.25) is 0 Å². The molecule has 1 aromatic heterocycles. The van der Waals surface area contributed by atoms with E-state index in [4.69, 9.17) is 10.1 Å². The summed E-state index contributed by atoms with van der Waals surface area (Å²) in [5, 5.41) is 11.4. The molecule has 1 amide bonds. The lowest BCUT2D eigenvalue weighted by molar-refractivity contribution is -0.136. The molecule has 38 heavy (non-hydrogen) atoms. The molecule has 4 aromatic rings. The van der Waals surface area contributed by atoms with Gasteiger partial charge in [-0.2, -0.15) is 0 Å². The first-order chi connectivity index (χ1) is 18.5. The molecule has 0 saturated heterocycles. The molecule has 0 fully saturated rings. The number of aromatic nitrogens is 2. The minimum Gasteiger partial charge on any atom is -0.481 e. The molecule has 0 bridgehead atoms. The summed E-state index contributed by atoms with van der Waals surface area (Å²) in [7, 11) is 2.03. The minimum atomic E-state index is -0.939. The van der Waals surface area contributed by atoms with Crippen LogP contribution >= 0.6 is 0 Å². The van der Waals surface area contributed by atoms with Crippen LogP contribution in [0.3, 0.4) is 0 Å². The number of amides is 1. The van der Waals surface area contributed by atoms with Gasteiger partial charge < -0.3 is 19.9 Å². The third kappa shape index (κ3) is 5.62. The maximum Gasteiger partial charge on any atom is 0.305 e. The molecule has 0 unspecified atom stereocenters. The maximum absolute atomic E-state index is 12.4. The summed E-state index contributed by atoms with van der Waals surface area (Å²) in [6.07, 6.45) is 7.05. The van der Waals surface area contributed by atoms with Crippen LogP contribution in [0.15, 0.2) is 78.9 Å². The van der Waals surface area contributed by atoms with Crippen LogP contribution in [0.5, 0.6) is 0 Å². The number of carboxylic acid groups (broad SMARTS) is 1. The average molecular weight is 509 g/mol. The lowest BCUT2D eigenvalue weighted by Gasteiger charge is -2.25. The molecule has 1 heterocycles. The number of carboxylic acids is 1. The van der Waals surface area contributed by atoms with Crippen molar-refractivity contribution in [3.8, 4) is 0 Å². The largest absolute Gasteiger partial charge is 0.481 e. The summed E-state index contributed by atoms with van der Waals surface area (Å²) in [5.41, 5.74) is 7.26. The van der Waals surface area contributed by atoms with E-state index in [1.165, 1.54) is 24.0 Å². The Morgan fingerprint density at radius 1 is 1.00 bits per heavy atom. The Hall–Kier alpha value is -4.39. The highest BCUT2D eigenvalue weighted by Gasteiger charge is 2.18. The number of anilines is 2. The second kappa shape index (κ2) is 11.3. The number of para-hydroxylation sites is 2. The second-order valence-corrected chi connectivity index (χ2v) is 9.66. The highest BCUT2D eigenvalue weighted by Crippen LogP contribution is 2.32. The molecule has 7 heteroatoms. The Balaban J connectivity index is 1.42. The lowest BCUT2D eigenvalue weighted by Crippen LogP contribution is -2.26. The van der Waals surface area contributed by atoms with Gasteiger partial charge >= 0.3 is 5.97 Å². The molecular weight excluding hydrogens is 476 g/mol. The molecular formula is C31H32N4O3. The van der Waals surface area contributed by atoms with Crippen LogP contribution in [0.4, 0.5) is 11.6 Å². The van der Waals surface area contributed by atoms with Crippen LogP contribution in [-0.4, -0.2) is 33.1 Å². The Bertz CT molecular complexity index is 1470. The molecule has 0 aliphatic heterocycles. The van der Waals surface area contributed by atoms with Crippen molar-refractivity contribution in [2.24, 2.45) is 7.05 Å². The standard InChI is InChI=1S/C31H32N4O3/c1-34-28-10-6-5-9-27(28)33-31(34)35(26-17-15-24(16-18-26)23-7-3-2-4-8-23)21-22-11-13-25(14-12-22)30(38)32-20-19-29(36)37/h5-7,9-18H,2-4,8,19-21H2,1H3,(H,32,38)(H,36,37). The lowest BCUT2D eigenvalue weighted by atomic mass is 9.93. The van der Waals surface area contributed by atoms with Crippen molar-refractivity contribution >= 4 is 40.1 Å². The first kappa shape index (κ1) is 25.3. The fourth-order valence-electron chi connectivity index (χ4n) is 4.94. The molecule has 7 nitrogen and oxygen atoms in total. The second-order valence-electron chi connectivity index (χ2n) is 9.66. The average Bonchev–Trinajstić information content (AvgIpc) is 3.28. The Labute approximate surface area is 222 Å². The topological polar surface area (TPSA) is 87.5 Å². The zero-order valence-corrected chi connectivity index (χ0v) is 21.6. The van der Waals surface area contributed by atoms with Gasteiger partial charge in [0.15, 0.2) is 0 Å². The van der Waals surface area contributed by atoms with E-state index in [0.717, 1.165) is 41.1 Å². The number of hydrogen-bond donors (Lipinski definition) is 2. The van der Waals surface area contributed by atoms with E-state index in [1.54, 1.807) is 12.1 Å². The van der Waals surface area contributed by atoms with E-state index in [0.29, 0.717) is 12.1 Å². The molecule has 1 aliphatic rings. The summed E-state index contributed by atoms with van der Waals surface area (Å²) < 4.78 is 2.11. The van der Waals surface area contributed by atoms with Gasteiger partial charge in [-0.25, -0.2) is 4.98 Å². The van der Waals surface area contributed by atoms with E-state index in [1.807, 2.05) is 37.4 Å². The highest BCUT2D eigenvalue weighted by molar-refractivity contribution is 5.94. The summed E-state index contributed by atoms with van der Waals surface area (Å²) in [4.78, 5) is 30.2. The van der Waals surface area contributed by atoms with E-state index in [-0.39, 0.29) is 18.9 Å². The Morgan fingerprint density at radius 3 is 2.45 bits per heavy atom. The predicted octanol–water partition coefficient (Wildman–Crippen LogP) is 6.07. The maximum atomic E-state index is 12.4. The van der Waals surface area contributed by atoms with Crippen LogP contribution in [0.25, 0.3) is 16.6 Å². The van der Waals surface area contributed by atoms with Crippen molar-refractivity contribution in [2.75, 3.05) is 11.4 Å². The van der Waals surface area contributed by atoms with Crippen molar-refractivity contribution in [3.63, 3.8) is 0 Å². The van der Waals surface area contributed by atoms with Gasteiger partial charge in [0.2, 0.25) is 5.95 Å². The molecule has 3 aromatic carbocycles. The number of aryl methyl sites for hydroxylation is 1. The predicted molar refractivity (Wildman–Crippen MR) is 150 cm³/mol. The summed E-state index contributed by atoms with van der Waals surface area (Å²) in [6, 6.07) is 24.2. The van der Waals surface area contributed by atoms with Crippen LogP contribution in [0, 0.1) is 0 Å². The molecule has 194 valence electrons. The number of nitrogens with zero attached hydrogens (tertiary/aromatic N) is 3. The fourth-order valence-corrected chi connectivity index (χ4v) is 4.94. The fraction of sp³-hybridized carbons (Fsp3) is 0.258. The number of benzene rings is 3. The minimum absolute atomic E-state index is 0.101. The van der Waals surface area contributed by atoms with Crippen LogP contribution in [-0.2, 0) is 18.4 Å². The van der Waals surface area contributed by atoms with E-state index in [9.17, 15) is 9.59 Å². The smallest absolute Gasteiger partial charge is 0.305 e. The van der Waals surface area contributed by atoms with E-state index < -0.39 is 5.97 Å². The van der Waals surface area contributed by atoms with Gasteiger partial charge in [0.05, 0.1) is 24.0 Å². The molecule has 1 aliphatic carbocycles. The summed E-state index contributed by atoms with van der Waals surface area (Å²) in [5.74, 6) is -0.380. The molecule has 0 atom stereocenters. The van der Waals surface area contributed by atoms with E-state index in [2.05, 4.69) is 51.2 Å². The molecule has 0 radical (unpaired) electrons. The van der Waals surface area contributed by atoms with E-state index >= 15 is 0 Å². The molecule has 0 saturated carbocycles. The van der Waals surface area contributed by atoms with Crippen molar-refractivity contribution in [2.45, 2.75) is 38.6 Å². The van der Waals surface area contributed by atoms with Gasteiger partial charge in [0.1, 0.15) is 0 Å². The first-order valence-corrected chi connectivity index (χ1v) is 13.1. The zero-order chi connectivity index (χ0) is 26.5. The third-order valence-electron chi connectivity index (χ3n) is 7.03. The third-order valence-corrected chi connectivity index (χ3v) is 7.03. The first-order valence-electron chi connectivity index (χ1n) is 13.1.